The van der Waals surface area contributed by atoms with Crippen LogP contribution in [0.2, 0.25) is 0 Å². The van der Waals surface area contributed by atoms with Crippen molar-refractivity contribution in [3.8, 4) is 23.1 Å². The lowest BCUT2D eigenvalue weighted by Crippen LogP contribution is -2.24. The van der Waals surface area contributed by atoms with Gasteiger partial charge in [0.25, 0.3) is 5.91 Å². The molecule has 3 heterocycles. The van der Waals surface area contributed by atoms with Gasteiger partial charge in [-0.3, -0.25) is 9.36 Å². The van der Waals surface area contributed by atoms with Gasteiger partial charge in [-0.2, -0.15) is 0 Å². The Morgan fingerprint density at radius 2 is 2.19 bits per heavy atom. The maximum Gasteiger partial charge on any atom is 0.251 e. The number of benzene rings is 1. The number of hydrogen-bond acceptors (Lipinski definition) is 6. The number of methoxy groups -OCH3 is 1. The van der Waals surface area contributed by atoms with Gasteiger partial charge in [-0.1, -0.05) is 6.07 Å². The van der Waals surface area contributed by atoms with Gasteiger partial charge in [0, 0.05) is 30.7 Å². The van der Waals surface area contributed by atoms with Crippen LogP contribution in [-0.4, -0.2) is 40.8 Å². The Kier molecular flexibility index (Phi) is 4.61. The zero-order valence-corrected chi connectivity index (χ0v) is 14.7. The number of carbonyl (C=O) groups is 1. The highest BCUT2D eigenvalue weighted by Crippen LogP contribution is 2.40. The van der Waals surface area contributed by atoms with E-state index in [1.807, 2.05) is 22.9 Å². The van der Waals surface area contributed by atoms with Crippen LogP contribution in [0.4, 0.5) is 0 Å². The third-order valence-corrected chi connectivity index (χ3v) is 4.12. The molecule has 3 aromatic rings. The van der Waals surface area contributed by atoms with Crippen molar-refractivity contribution in [3.05, 3.63) is 60.3 Å². The molecular weight excluding hydrogens is 348 g/mol. The number of aromatic nitrogens is 3. The van der Waals surface area contributed by atoms with Crippen molar-refractivity contribution in [2.45, 2.75) is 6.54 Å². The van der Waals surface area contributed by atoms with Crippen molar-refractivity contribution in [2.24, 2.45) is 0 Å². The van der Waals surface area contributed by atoms with E-state index in [9.17, 15) is 4.79 Å². The lowest BCUT2D eigenvalue weighted by atomic mass is 10.1. The number of nitrogens with one attached hydrogen (secondary N) is 1. The summed E-state index contributed by atoms with van der Waals surface area (Å²) in [6, 6.07) is 7.08. The fourth-order valence-electron chi connectivity index (χ4n) is 2.76. The smallest absolute Gasteiger partial charge is 0.251 e. The highest BCUT2D eigenvalue weighted by molar-refractivity contribution is 5.95. The molecule has 0 saturated carbocycles. The average Bonchev–Trinajstić information content (AvgIpc) is 3.26. The number of nitrogens with zero attached hydrogens (tertiary/aromatic N) is 3. The molecular formula is C19H18N4O4. The summed E-state index contributed by atoms with van der Waals surface area (Å²) in [6.07, 6.45) is 6.91. The Labute approximate surface area is 155 Å². The number of amides is 1. The number of imidazole rings is 1. The summed E-state index contributed by atoms with van der Waals surface area (Å²) in [5, 5.41) is 2.88. The fourth-order valence-corrected chi connectivity index (χ4v) is 2.76. The number of hydrogen-bond donors (Lipinski definition) is 1. The van der Waals surface area contributed by atoms with Gasteiger partial charge in [0.1, 0.15) is 25.4 Å². The standard InChI is InChI=1S/C19H18N4O4/c1-25-15-8-14(9-16-18(15)27-7-6-26-16)19(24)22-11-13-2-3-17(21-10-13)23-5-4-20-12-23/h2-5,8-10,12H,6-7,11H2,1H3,(H,22,24). The normalized spacial score (nSPS) is 12.5. The Hall–Kier alpha value is -3.55. The van der Waals surface area contributed by atoms with E-state index in [2.05, 4.69) is 15.3 Å². The monoisotopic (exact) mass is 366 g/mol. The highest BCUT2D eigenvalue weighted by Gasteiger charge is 2.20. The number of fused-ring (bicyclic) bond motifs is 1. The molecule has 0 atom stereocenters. The quantitative estimate of drug-likeness (QED) is 0.743. The van der Waals surface area contributed by atoms with Crippen molar-refractivity contribution in [1.29, 1.82) is 0 Å². The topological polar surface area (TPSA) is 87.5 Å². The van der Waals surface area contributed by atoms with Crippen molar-refractivity contribution >= 4 is 5.91 Å². The van der Waals surface area contributed by atoms with Crippen LogP contribution in [0.1, 0.15) is 15.9 Å². The van der Waals surface area contributed by atoms with E-state index in [1.165, 1.54) is 7.11 Å². The van der Waals surface area contributed by atoms with Crippen LogP contribution in [-0.2, 0) is 6.54 Å². The zero-order valence-electron chi connectivity index (χ0n) is 14.7. The van der Waals surface area contributed by atoms with Crippen molar-refractivity contribution in [3.63, 3.8) is 0 Å². The molecule has 0 radical (unpaired) electrons. The second kappa shape index (κ2) is 7.36. The van der Waals surface area contributed by atoms with E-state index in [0.29, 0.717) is 42.6 Å². The maximum atomic E-state index is 12.5. The summed E-state index contributed by atoms with van der Waals surface area (Å²) in [5.41, 5.74) is 1.33. The minimum atomic E-state index is -0.232. The SMILES string of the molecule is COc1cc(C(=O)NCc2ccc(-n3ccnc3)nc2)cc2c1OCCO2. The molecule has 0 saturated heterocycles. The third kappa shape index (κ3) is 3.55. The predicted octanol–water partition coefficient (Wildman–Crippen LogP) is 1.98. The summed E-state index contributed by atoms with van der Waals surface area (Å²) < 4.78 is 18.2. The molecule has 0 unspecified atom stereocenters. The van der Waals surface area contributed by atoms with Crippen molar-refractivity contribution in [2.75, 3.05) is 20.3 Å². The van der Waals surface area contributed by atoms with Crippen LogP contribution in [0.3, 0.4) is 0 Å². The van der Waals surface area contributed by atoms with E-state index < -0.39 is 0 Å². The van der Waals surface area contributed by atoms with Crippen LogP contribution in [0.5, 0.6) is 17.2 Å². The van der Waals surface area contributed by atoms with E-state index in [4.69, 9.17) is 14.2 Å². The third-order valence-electron chi connectivity index (χ3n) is 4.12. The first-order valence-electron chi connectivity index (χ1n) is 8.43. The first kappa shape index (κ1) is 16.9. The van der Waals surface area contributed by atoms with Crippen LogP contribution in [0.15, 0.2) is 49.2 Å². The molecule has 27 heavy (non-hydrogen) atoms. The van der Waals surface area contributed by atoms with Crippen LogP contribution in [0, 0.1) is 0 Å². The lowest BCUT2D eigenvalue weighted by Gasteiger charge is -2.21. The van der Waals surface area contributed by atoms with Gasteiger partial charge < -0.3 is 19.5 Å². The molecule has 8 heteroatoms. The van der Waals surface area contributed by atoms with Crippen LogP contribution >= 0.6 is 0 Å². The number of pyridine rings is 1. The first-order chi connectivity index (χ1) is 13.2. The molecule has 0 bridgehead atoms. The van der Waals surface area contributed by atoms with Gasteiger partial charge >= 0.3 is 0 Å². The minimum absolute atomic E-state index is 0.232. The molecule has 8 nitrogen and oxygen atoms in total. The van der Waals surface area contributed by atoms with Gasteiger partial charge in [-0.25, -0.2) is 9.97 Å². The van der Waals surface area contributed by atoms with Gasteiger partial charge in [0.05, 0.1) is 7.11 Å². The number of carbonyl (C=O) groups excluding carboxylic acids is 1. The van der Waals surface area contributed by atoms with Crippen LogP contribution in [0.25, 0.3) is 5.82 Å². The van der Waals surface area contributed by atoms with E-state index in [0.717, 1.165) is 11.4 Å². The summed E-state index contributed by atoms with van der Waals surface area (Å²) in [4.78, 5) is 20.9. The second-order valence-corrected chi connectivity index (χ2v) is 5.88. The molecule has 4 rings (SSSR count). The number of rotatable bonds is 5. The Bertz CT molecular complexity index is 922. The fraction of sp³-hybridized carbons (Fsp3) is 0.211. The molecule has 2 aromatic heterocycles. The molecule has 138 valence electrons. The average molecular weight is 366 g/mol. The maximum absolute atomic E-state index is 12.5. The molecule has 1 aliphatic heterocycles. The summed E-state index contributed by atoms with van der Waals surface area (Å²) in [7, 11) is 1.53. The largest absolute Gasteiger partial charge is 0.493 e. The molecule has 1 N–H and O–H groups in total. The van der Waals surface area contributed by atoms with Crippen LogP contribution < -0.4 is 19.5 Å². The zero-order chi connectivity index (χ0) is 18.6. The van der Waals surface area contributed by atoms with Crippen molar-refractivity contribution in [1.82, 2.24) is 19.9 Å². The van der Waals surface area contributed by atoms with Gasteiger partial charge in [-0.15, -0.1) is 0 Å². The molecule has 0 aliphatic carbocycles. The summed E-state index contributed by atoms with van der Waals surface area (Å²) >= 11 is 0. The Morgan fingerprint density at radius 3 is 2.93 bits per heavy atom. The van der Waals surface area contributed by atoms with Crippen molar-refractivity contribution < 1.29 is 19.0 Å². The highest BCUT2D eigenvalue weighted by atomic mass is 16.6. The second-order valence-electron chi connectivity index (χ2n) is 5.88. The minimum Gasteiger partial charge on any atom is -0.493 e. The Balaban J connectivity index is 1.45. The van der Waals surface area contributed by atoms with Gasteiger partial charge in [0.15, 0.2) is 11.5 Å². The molecule has 1 amide bonds. The van der Waals surface area contributed by atoms with E-state index in [1.54, 1.807) is 30.9 Å². The summed E-state index contributed by atoms with van der Waals surface area (Å²) in [5.74, 6) is 2.04. The van der Waals surface area contributed by atoms with E-state index in [-0.39, 0.29) is 5.91 Å². The van der Waals surface area contributed by atoms with E-state index >= 15 is 0 Å². The molecule has 0 spiro atoms. The number of ether oxygens (including phenoxy) is 3. The Morgan fingerprint density at radius 1 is 1.30 bits per heavy atom. The predicted molar refractivity (Wildman–Crippen MR) is 96.5 cm³/mol. The first-order valence-corrected chi connectivity index (χ1v) is 8.43. The molecule has 0 fully saturated rings. The molecule has 1 aliphatic rings. The van der Waals surface area contributed by atoms with Gasteiger partial charge in [-0.05, 0) is 23.8 Å². The lowest BCUT2D eigenvalue weighted by molar-refractivity contribution is 0.0949. The molecule has 1 aromatic carbocycles. The van der Waals surface area contributed by atoms with Gasteiger partial charge in [0.2, 0.25) is 5.75 Å². The summed E-state index contributed by atoms with van der Waals surface area (Å²) in [6.45, 7) is 1.25.